The zero-order valence-electron chi connectivity index (χ0n) is 14.0. The molecule has 1 amide bonds. The number of aromatic nitrogens is 1. The van der Waals surface area contributed by atoms with Crippen LogP contribution in [0.5, 0.6) is 5.75 Å². The summed E-state index contributed by atoms with van der Waals surface area (Å²) in [7, 11) is 1.78. The number of fused-ring (bicyclic) bond motifs is 1. The molecule has 3 rings (SSSR count). The van der Waals surface area contributed by atoms with Crippen LogP contribution in [0.4, 0.5) is 0 Å². The van der Waals surface area contributed by atoms with E-state index in [1.165, 1.54) is 0 Å². The quantitative estimate of drug-likeness (QED) is 0.672. The van der Waals surface area contributed by atoms with Crippen LogP contribution in [-0.4, -0.2) is 36.0 Å². The molecule has 128 valence electrons. The smallest absolute Gasteiger partial charge is 0.226 e. The molecule has 0 saturated heterocycles. The number of benzene rings is 2. The highest BCUT2D eigenvalue weighted by Gasteiger charge is 2.12. The molecule has 5 heteroatoms. The predicted octanol–water partition coefficient (Wildman–Crippen LogP) is 3.97. The molecule has 0 fully saturated rings. The average Bonchev–Trinajstić information content (AvgIpc) is 2.62. The first-order chi connectivity index (χ1) is 12.1. The van der Waals surface area contributed by atoms with Crippen LogP contribution >= 0.6 is 11.6 Å². The molecule has 0 saturated carbocycles. The van der Waals surface area contributed by atoms with E-state index in [9.17, 15) is 4.79 Å². The summed E-state index contributed by atoms with van der Waals surface area (Å²) >= 11 is 5.92. The molecule has 0 bridgehead atoms. The van der Waals surface area contributed by atoms with Gasteiger partial charge in [0.1, 0.15) is 12.4 Å². The molecule has 1 heterocycles. The summed E-state index contributed by atoms with van der Waals surface area (Å²) in [5.74, 6) is 0.736. The molecular formula is C20H19ClN2O2. The van der Waals surface area contributed by atoms with Crippen molar-refractivity contribution in [3.63, 3.8) is 0 Å². The Morgan fingerprint density at radius 3 is 2.80 bits per heavy atom. The van der Waals surface area contributed by atoms with Crippen molar-refractivity contribution in [2.45, 2.75) is 6.42 Å². The lowest BCUT2D eigenvalue weighted by Gasteiger charge is -2.18. The van der Waals surface area contributed by atoms with Crippen LogP contribution in [-0.2, 0) is 11.2 Å². The molecule has 2 aromatic carbocycles. The molecule has 0 aliphatic heterocycles. The summed E-state index contributed by atoms with van der Waals surface area (Å²) in [5.41, 5.74) is 1.81. The molecule has 0 radical (unpaired) electrons. The Labute approximate surface area is 152 Å². The SMILES string of the molecule is CN(CCOc1cccc(Cl)c1)C(=O)Cc1cccc2cccnc12. The van der Waals surface area contributed by atoms with Gasteiger partial charge >= 0.3 is 0 Å². The van der Waals surface area contributed by atoms with Crippen molar-refractivity contribution in [3.05, 3.63) is 71.4 Å². The van der Waals surface area contributed by atoms with Gasteiger partial charge in [0, 0.05) is 23.7 Å². The second kappa shape index (κ2) is 7.99. The van der Waals surface area contributed by atoms with Gasteiger partial charge in [0.05, 0.1) is 18.5 Å². The topological polar surface area (TPSA) is 42.4 Å². The molecule has 0 spiro atoms. The first-order valence-corrected chi connectivity index (χ1v) is 8.46. The average molecular weight is 355 g/mol. The maximum atomic E-state index is 12.5. The zero-order chi connectivity index (χ0) is 17.6. The molecule has 0 unspecified atom stereocenters. The van der Waals surface area contributed by atoms with Gasteiger partial charge in [-0.1, -0.05) is 41.9 Å². The van der Waals surface area contributed by atoms with Crippen molar-refractivity contribution in [2.24, 2.45) is 0 Å². The molecule has 4 nitrogen and oxygen atoms in total. The number of hydrogen-bond donors (Lipinski definition) is 0. The van der Waals surface area contributed by atoms with Crippen LogP contribution in [0.15, 0.2) is 60.8 Å². The molecule has 1 aromatic heterocycles. The number of halogens is 1. The van der Waals surface area contributed by atoms with E-state index in [1.54, 1.807) is 30.3 Å². The van der Waals surface area contributed by atoms with Gasteiger partial charge in [-0.15, -0.1) is 0 Å². The van der Waals surface area contributed by atoms with Gasteiger partial charge in [0.2, 0.25) is 5.91 Å². The van der Waals surface area contributed by atoms with E-state index in [-0.39, 0.29) is 5.91 Å². The lowest BCUT2D eigenvalue weighted by molar-refractivity contribution is -0.129. The summed E-state index contributed by atoms with van der Waals surface area (Å²) in [6, 6.07) is 17.0. The Bertz CT molecular complexity index is 877. The van der Waals surface area contributed by atoms with E-state index >= 15 is 0 Å². The number of nitrogens with zero attached hydrogens (tertiary/aromatic N) is 2. The summed E-state index contributed by atoms with van der Waals surface area (Å²) < 4.78 is 5.64. The summed E-state index contributed by atoms with van der Waals surface area (Å²) in [5, 5.41) is 1.67. The third kappa shape index (κ3) is 4.48. The van der Waals surface area contributed by atoms with Gasteiger partial charge < -0.3 is 9.64 Å². The lowest BCUT2D eigenvalue weighted by atomic mass is 10.1. The Hall–Kier alpha value is -2.59. The Morgan fingerprint density at radius 1 is 1.16 bits per heavy atom. The standard InChI is InChI=1S/C20H19ClN2O2/c1-23(11-12-25-18-9-3-8-17(21)14-18)19(24)13-16-6-2-5-15-7-4-10-22-20(15)16/h2-10,14H,11-13H2,1H3. The second-order valence-electron chi connectivity index (χ2n) is 5.79. The highest BCUT2D eigenvalue weighted by molar-refractivity contribution is 6.30. The normalized spacial score (nSPS) is 10.6. The van der Waals surface area contributed by atoms with E-state index in [0.717, 1.165) is 16.5 Å². The minimum absolute atomic E-state index is 0.0350. The number of rotatable bonds is 6. The third-order valence-corrected chi connectivity index (χ3v) is 4.21. The van der Waals surface area contributed by atoms with E-state index < -0.39 is 0 Å². The van der Waals surface area contributed by atoms with Crippen LogP contribution in [0.3, 0.4) is 0 Å². The summed E-state index contributed by atoms with van der Waals surface area (Å²) in [4.78, 5) is 18.5. The van der Waals surface area contributed by atoms with Crippen molar-refractivity contribution < 1.29 is 9.53 Å². The van der Waals surface area contributed by atoms with Gasteiger partial charge in [-0.05, 0) is 29.8 Å². The van der Waals surface area contributed by atoms with Gasteiger partial charge in [0.25, 0.3) is 0 Å². The Morgan fingerprint density at radius 2 is 1.96 bits per heavy atom. The molecule has 3 aromatic rings. The van der Waals surface area contributed by atoms with E-state index in [1.807, 2.05) is 42.5 Å². The molecule has 0 N–H and O–H groups in total. The summed E-state index contributed by atoms with van der Waals surface area (Å²) in [6.45, 7) is 0.917. The van der Waals surface area contributed by atoms with E-state index in [4.69, 9.17) is 16.3 Å². The number of carbonyl (C=O) groups excluding carboxylic acids is 1. The molecule has 0 atom stereocenters. The van der Waals surface area contributed by atoms with Gasteiger partial charge in [-0.2, -0.15) is 0 Å². The Balaban J connectivity index is 1.57. The number of amides is 1. The van der Waals surface area contributed by atoms with Crippen molar-refractivity contribution in [2.75, 3.05) is 20.2 Å². The first-order valence-electron chi connectivity index (χ1n) is 8.08. The number of ether oxygens (including phenoxy) is 1. The van der Waals surface area contributed by atoms with Crippen LogP contribution in [0.25, 0.3) is 10.9 Å². The van der Waals surface area contributed by atoms with Crippen molar-refractivity contribution in [3.8, 4) is 5.75 Å². The molecule has 0 aliphatic carbocycles. The minimum Gasteiger partial charge on any atom is -0.492 e. The molecular weight excluding hydrogens is 336 g/mol. The Kier molecular flexibility index (Phi) is 5.51. The highest BCUT2D eigenvalue weighted by Crippen LogP contribution is 2.18. The van der Waals surface area contributed by atoms with Gasteiger partial charge in [-0.3, -0.25) is 9.78 Å². The lowest BCUT2D eigenvalue weighted by Crippen LogP contribution is -2.32. The van der Waals surface area contributed by atoms with Crippen molar-refractivity contribution in [1.82, 2.24) is 9.88 Å². The maximum Gasteiger partial charge on any atom is 0.226 e. The van der Waals surface area contributed by atoms with Gasteiger partial charge in [-0.25, -0.2) is 0 Å². The number of likely N-dealkylation sites (N-methyl/N-ethyl adjacent to an activating group) is 1. The molecule has 0 aliphatic rings. The first kappa shape index (κ1) is 17.2. The number of pyridine rings is 1. The fraction of sp³-hybridized carbons (Fsp3) is 0.200. The largest absolute Gasteiger partial charge is 0.492 e. The summed E-state index contributed by atoms with van der Waals surface area (Å²) in [6.07, 6.45) is 2.07. The highest BCUT2D eigenvalue weighted by atomic mass is 35.5. The maximum absolute atomic E-state index is 12.5. The number of carbonyl (C=O) groups is 1. The fourth-order valence-corrected chi connectivity index (χ4v) is 2.77. The zero-order valence-corrected chi connectivity index (χ0v) is 14.7. The van der Waals surface area contributed by atoms with Crippen LogP contribution in [0.1, 0.15) is 5.56 Å². The van der Waals surface area contributed by atoms with Crippen LogP contribution in [0, 0.1) is 0 Å². The van der Waals surface area contributed by atoms with E-state index in [0.29, 0.717) is 30.3 Å². The monoisotopic (exact) mass is 354 g/mol. The predicted molar refractivity (Wildman–Crippen MR) is 100 cm³/mol. The fourth-order valence-electron chi connectivity index (χ4n) is 2.59. The van der Waals surface area contributed by atoms with Gasteiger partial charge in [0.15, 0.2) is 0 Å². The van der Waals surface area contributed by atoms with Crippen molar-refractivity contribution in [1.29, 1.82) is 0 Å². The third-order valence-electron chi connectivity index (χ3n) is 3.98. The van der Waals surface area contributed by atoms with Crippen LogP contribution in [0.2, 0.25) is 5.02 Å². The number of para-hydroxylation sites is 1. The van der Waals surface area contributed by atoms with E-state index in [2.05, 4.69) is 4.98 Å². The van der Waals surface area contributed by atoms with Crippen molar-refractivity contribution >= 4 is 28.4 Å². The second-order valence-corrected chi connectivity index (χ2v) is 6.23. The number of hydrogen-bond acceptors (Lipinski definition) is 3. The van der Waals surface area contributed by atoms with Crippen LogP contribution < -0.4 is 4.74 Å². The minimum atomic E-state index is 0.0350. The molecule has 25 heavy (non-hydrogen) atoms.